The molecule has 2 aromatic rings. The van der Waals surface area contributed by atoms with Crippen LogP contribution in [-0.4, -0.2) is 67.7 Å². The zero-order valence-electron chi connectivity index (χ0n) is 23.2. The van der Waals surface area contributed by atoms with E-state index in [1.165, 1.54) is 0 Å². The van der Waals surface area contributed by atoms with Gasteiger partial charge in [-0.3, -0.25) is 4.90 Å². The fraction of sp³-hybridized carbons (Fsp3) is 0.345. The SMILES string of the molecule is COc1ccc(/C=C2\CN(C)CC3=C2OC(N)=C(C#N)C3c2ccc(OC)c(OC)c2OC)c(OC)c1OC. The van der Waals surface area contributed by atoms with Gasteiger partial charge in [-0.1, -0.05) is 6.07 Å². The number of hydrogen-bond donors (Lipinski definition) is 1. The lowest BCUT2D eigenvalue weighted by atomic mass is 9.79. The number of methoxy groups -OCH3 is 6. The minimum atomic E-state index is -0.535. The van der Waals surface area contributed by atoms with Crippen molar-refractivity contribution in [3.05, 3.63) is 63.8 Å². The molecule has 0 bridgehead atoms. The van der Waals surface area contributed by atoms with Crippen molar-refractivity contribution in [1.82, 2.24) is 4.90 Å². The molecule has 0 aromatic heterocycles. The number of likely N-dealkylation sites (N-methyl/N-ethyl adjacent to an activating group) is 1. The Balaban J connectivity index is 1.96. The number of allylic oxidation sites excluding steroid dienone is 1. The molecular formula is C29H33N3O7. The van der Waals surface area contributed by atoms with E-state index >= 15 is 0 Å². The van der Waals surface area contributed by atoms with Gasteiger partial charge in [0.05, 0.1) is 48.6 Å². The Hall–Kier alpha value is -4.49. The fourth-order valence-electron chi connectivity index (χ4n) is 5.17. The van der Waals surface area contributed by atoms with E-state index in [-0.39, 0.29) is 11.5 Å². The summed E-state index contributed by atoms with van der Waals surface area (Å²) in [6.07, 6.45) is 1.97. The molecule has 0 radical (unpaired) electrons. The summed E-state index contributed by atoms with van der Waals surface area (Å²) < 4.78 is 39.7. The lowest BCUT2D eigenvalue weighted by molar-refractivity contribution is 0.250. The van der Waals surface area contributed by atoms with Crippen molar-refractivity contribution in [2.75, 3.05) is 62.8 Å². The third-order valence-electron chi connectivity index (χ3n) is 6.81. The van der Waals surface area contributed by atoms with Crippen LogP contribution in [0.1, 0.15) is 17.0 Å². The molecule has 0 amide bonds. The molecule has 2 heterocycles. The molecule has 0 aliphatic carbocycles. The van der Waals surface area contributed by atoms with Gasteiger partial charge in [0.1, 0.15) is 17.4 Å². The molecule has 0 fully saturated rings. The first kappa shape index (κ1) is 27.5. The van der Waals surface area contributed by atoms with Gasteiger partial charge in [0.15, 0.2) is 23.0 Å². The van der Waals surface area contributed by atoms with Crippen molar-refractivity contribution < 1.29 is 33.2 Å². The average molecular weight is 536 g/mol. The van der Waals surface area contributed by atoms with E-state index in [9.17, 15) is 5.26 Å². The number of hydrogen-bond acceptors (Lipinski definition) is 10. The maximum absolute atomic E-state index is 10.2. The van der Waals surface area contributed by atoms with Gasteiger partial charge in [0.2, 0.25) is 17.4 Å². The lowest BCUT2D eigenvalue weighted by Crippen LogP contribution is -2.36. The van der Waals surface area contributed by atoms with Crippen LogP contribution in [0.15, 0.2) is 52.6 Å². The van der Waals surface area contributed by atoms with Crippen molar-refractivity contribution in [2.24, 2.45) is 5.73 Å². The first-order chi connectivity index (χ1) is 18.9. The number of nitrogens with two attached hydrogens (primary N) is 1. The normalized spacial score (nSPS) is 18.2. The van der Waals surface area contributed by atoms with Crippen molar-refractivity contribution in [3.8, 4) is 40.6 Å². The van der Waals surface area contributed by atoms with Gasteiger partial charge in [0.25, 0.3) is 0 Å². The predicted molar refractivity (Wildman–Crippen MR) is 145 cm³/mol. The molecule has 1 atom stereocenters. The summed E-state index contributed by atoms with van der Waals surface area (Å²) >= 11 is 0. The van der Waals surface area contributed by atoms with Gasteiger partial charge in [-0.2, -0.15) is 5.26 Å². The highest BCUT2D eigenvalue weighted by atomic mass is 16.5. The van der Waals surface area contributed by atoms with Crippen LogP contribution in [0.4, 0.5) is 0 Å². The zero-order valence-corrected chi connectivity index (χ0v) is 23.2. The molecule has 2 N–H and O–H groups in total. The van der Waals surface area contributed by atoms with Crippen LogP contribution >= 0.6 is 0 Å². The van der Waals surface area contributed by atoms with E-state index in [1.54, 1.807) is 48.7 Å². The molecular weight excluding hydrogens is 502 g/mol. The molecule has 10 heteroatoms. The van der Waals surface area contributed by atoms with Gasteiger partial charge in [-0.15, -0.1) is 0 Å². The topological polar surface area (TPSA) is 118 Å². The second-order valence-corrected chi connectivity index (χ2v) is 8.97. The third kappa shape index (κ3) is 4.77. The van der Waals surface area contributed by atoms with Crippen LogP contribution < -0.4 is 34.2 Å². The van der Waals surface area contributed by atoms with Crippen molar-refractivity contribution in [2.45, 2.75) is 5.92 Å². The van der Waals surface area contributed by atoms with E-state index < -0.39 is 5.92 Å². The van der Waals surface area contributed by atoms with Crippen LogP contribution in [0.5, 0.6) is 34.5 Å². The van der Waals surface area contributed by atoms with E-state index in [0.717, 1.165) is 16.7 Å². The van der Waals surface area contributed by atoms with Gasteiger partial charge < -0.3 is 38.9 Å². The maximum Gasteiger partial charge on any atom is 0.205 e. The summed E-state index contributed by atoms with van der Waals surface area (Å²) in [5.74, 6) is 3.05. The second kappa shape index (κ2) is 11.5. The predicted octanol–water partition coefficient (Wildman–Crippen LogP) is 3.83. The van der Waals surface area contributed by atoms with Crippen molar-refractivity contribution in [3.63, 3.8) is 0 Å². The molecule has 10 nitrogen and oxygen atoms in total. The summed E-state index contributed by atoms with van der Waals surface area (Å²) in [5.41, 5.74) is 9.87. The first-order valence-corrected chi connectivity index (χ1v) is 12.1. The van der Waals surface area contributed by atoms with E-state index in [2.05, 4.69) is 11.0 Å². The van der Waals surface area contributed by atoms with Crippen LogP contribution in [0, 0.1) is 11.3 Å². The van der Waals surface area contributed by atoms with Gasteiger partial charge in [-0.05, 0) is 36.9 Å². The zero-order chi connectivity index (χ0) is 28.3. The minimum absolute atomic E-state index is 0.0350. The molecule has 39 heavy (non-hydrogen) atoms. The quantitative estimate of drug-likeness (QED) is 0.534. The van der Waals surface area contributed by atoms with Crippen LogP contribution in [0.3, 0.4) is 0 Å². The molecule has 1 unspecified atom stereocenters. The summed E-state index contributed by atoms with van der Waals surface area (Å²) in [5, 5.41) is 10.2. The number of nitriles is 1. The van der Waals surface area contributed by atoms with Crippen molar-refractivity contribution in [1.29, 1.82) is 5.26 Å². The Morgan fingerprint density at radius 3 is 2.00 bits per heavy atom. The third-order valence-corrected chi connectivity index (χ3v) is 6.81. The Kier molecular flexibility index (Phi) is 8.12. The molecule has 0 spiro atoms. The highest BCUT2D eigenvalue weighted by Gasteiger charge is 2.39. The fourth-order valence-corrected chi connectivity index (χ4v) is 5.17. The second-order valence-electron chi connectivity index (χ2n) is 8.97. The molecule has 2 aliphatic rings. The highest BCUT2D eigenvalue weighted by Crippen LogP contribution is 2.50. The Morgan fingerprint density at radius 2 is 1.44 bits per heavy atom. The summed E-state index contributed by atoms with van der Waals surface area (Å²) in [6.45, 7) is 1.11. The Labute approximate surface area is 228 Å². The van der Waals surface area contributed by atoms with Crippen LogP contribution in [0.25, 0.3) is 6.08 Å². The van der Waals surface area contributed by atoms with Gasteiger partial charge in [0, 0.05) is 29.8 Å². The number of nitrogens with zero attached hydrogens (tertiary/aromatic N) is 2. The average Bonchev–Trinajstić information content (AvgIpc) is 2.95. The van der Waals surface area contributed by atoms with Crippen LogP contribution in [0.2, 0.25) is 0 Å². The molecule has 0 saturated carbocycles. The lowest BCUT2D eigenvalue weighted by Gasteiger charge is -2.37. The standard InChI is InChI=1S/C29H33N3O7/c1-32-14-17(12-16-8-10-21(33-2)27(37-6)25(16)35-4)24-20(15-32)23(19(13-30)29(31)39-24)18-9-11-22(34-3)28(38-7)26(18)36-5/h8-12,23H,14-15,31H2,1-7H3/b17-12+. The van der Waals surface area contributed by atoms with E-state index in [4.69, 9.17) is 38.9 Å². The smallest absolute Gasteiger partial charge is 0.205 e. The largest absolute Gasteiger partial charge is 0.493 e. The Bertz CT molecular complexity index is 1400. The highest BCUT2D eigenvalue weighted by molar-refractivity contribution is 5.71. The van der Waals surface area contributed by atoms with E-state index in [1.807, 2.05) is 31.3 Å². The molecule has 2 aliphatic heterocycles. The summed E-state index contributed by atoms with van der Waals surface area (Å²) in [7, 11) is 11.4. The molecule has 4 rings (SSSR count). The number of ether oxygens (including phenoxy) is 7. The van der Waals surface area contributed by atoms with Crippen LogP contribution in [-0.2, 0) is 4.74 Å². The summed E-state index contributed by atoms with van der Waals surface area (Å²) in [4.78, 5) is 2.14. The number of rotatable bonds is 8. The minimum Gasteiger partial charge on any atom is -0.493 e. The van der Waals surface area contributed by atoms with E-state index in [0.29, 0.717) is 58.9 Å². The summed E-state index contributed by atoms with van der Waals surface area (Å²) in [6, 6.07) is 9.61. The molecule has 0 saturated heterocycles. The first-order valence-electron chi connectivity index (χ1n) is 12.1. The Morgan fingerprint density at radius 1 is 0.846 bits per heavy atom. The van der Waals surface area contributed by atoms with Gasteiger partial charge >= 0.3 is 0 Å². The van der Waals surface area contributed by atoms with Crippen molar-refractivity contribution >= 4 is 6.08 Å². The van der Waals surface area contributed by atoms with Gasteiger partial charge in [-0.25, -0.2) is 0 Å². The number of benzene rings is 2. The maximum atomic E-state index is 10.2. The molecule has 206 valence electrons. The monoisotopic (exact) mass is 535 g/mol. The molecule has 2 aromatic carbocycles.